The average Bonchev–Trinajstić information content (AvgIpc) is 2.78. The minimum atomic E-state index is -0.155. The van der Waals surface area contributed by atoms with Gasteiger partial charge in [0.1, 0.15) is 11.5 Å². The van der Waals surface area contributed by atoms with Gasteiger partial charge in [0, 0.05) is 17.6 Å². The molecule has 17 heavy (non-hydrogen) atoms. The van der Waals surface area contributed by atoms with E-state index in [2.05, 4.69) is 20.3 Å². The maximum atomic E-state index is 11.7. The van der Waals surface area contributed by atoms with E-state index in [1.54, 1.807) is 18.3 Å². The quantitative estimate of drug-likeness (QED) is 0.836. The second-order valence-electron chi connectivity index (χ2n) is 3.83. The van der Waals surface area contributed by atoms with Gasteiger partial charge in [-0.1, -0.05) is 0 Å². The SMILES string of the molecule is Cc1cc(C)nc(CNC(=O)c2ccc[nH]2)n1. The molecule has 2 rings (SSSR count). The number of nitrogens with one attached hydrogen (secondary N) is 2. The third-order valence-corrected chi connectivity index (χ3v) is 2.28. The minimum Gasteiger partial charge on any atom is -0.357 e. The van der Waals surface area contributed by atoms with Gasteiger partial charge in [-0.05, 0) is 32.0 Å². The van der Waals surface area contributed by atoms with E-state index in [0.717, 1.165) is 11.4 Å². The number of hydrogen-bond acceptors (Lipinski definition) is 3. The monoisotopic (exact) mass is 230 g/mol. The van der Waals surface area contributed by atoms with E-state index < -0.39 is 0 Å². The van der Waals surface area contributed by atoms with Gasteiger partial charge >= 0.3 is 0 Å². The lowest BCUT2D eigenvalue weighted by Crippen LogP contribution is -2.24. The summed E-state index contributed by atoms with van der Waals surface area (Å²) >= 11 is 0. The molecule has 0 saturated heterocycles. The van der Waals surface area contributed by atoms with Crippen molar-refractivity contribution in [3.05, 3.63) is 47.3 Å². The summed E-state index contributed by atoms with van der Waals surface area (Å²) in [6, 6.07) is 5.40. The fourth-order valence-electron chi connectivity index (χ4n) is 1.60. The normalized spacial score (nSPS) is 10.2. The molecule has 2 aromatic heterocycles. The molecule has 0 aliphatic rings. The highest BCUT2D eigenvalue weighted by Gasteiger charge is 2.06. The molecule has 5 heteroatoms. The van der Waals surface area contributed by atoms with Crippen LogP contribution in [0.2, 0.25) is 0 Å². The third kappa shape index (κ3) is 2.90. The molecule has 1 amide bonds. The van der Waals surface area contributed by atoms with Crippen LogP contribution in [0.15, 0.2) is 24.4 Å². The molecule has 2 heterocycles. The van der Waals surface area contributed by atoms with Crippen LogP contribution in [-0.4, -0.2) is 20.9 Å². The standard InChI is InChI=1S/C12H14N4O/c1-8-6-9(2)16-11(15-8)7-14-12(17)10-4-3-5-13-10/h3-6,13H,7H2,1-2H3,(H,14,17). The Morgan fingerprint density at radius 1 is 1.35 bits per heavy atom. The molecular weight excluding hydrogens is 216 g/mol. The van der Waals surface area contributed by atoms with Crippen LogP contribution >= 0.6 is 0 Å². The molecule has 0 radical (unpaired) electrons. The molecule has 0 bridgehead atoms. The Kier molecular flexibility index (Phi) is 3.18. The zero-order valence-corrected chi connectivity index (χ0v) is 9.82. The van der Waals surface area contributed by atoms with Gasteiger partial charge in [-0.25, -0.2) is 9.97 Å². The Labute approximate surface area is 99.3 Å². The highest BCUT2D eigenvalue weighted by atomic mass is 16.1. The van der Waals surface area contributed by atoms with Crippen LogP contribution < -0.4 is 5.32 Å². The highest BCUT2D eigenvalue weighted by Crippen LogP contribution is 2.00. The predicted octanol–water partition coefficient (Wildman–Crippen LogP) is 1.35. The van der Waals surface area contributed by atoms with Crippen LogP contribution in [0.1, 0.15) is 27.7 Å². The first-order chi connectivity index (χ1) is 8.15. The Morgan fingerprint density at radius 3 is 2.65 bits per heavy atom. The van der Waals surface area contributed by atoms with Gasteiger partial charge in [0.05, 0.1) is 6.54 Å². The van der Waals surface area contributed by atoms with E-state index in [0.29, 0.717) is 18.1 Å². The molecule has 0 aliphatic heterocycles. The number of nitrogens with zero attached hydrogens (tertiary/aromatic N) is 2. The van der Waals surface area contributed by atoms with Gasteiger partial charge in [0.25, 0.3) is 5.91 Å². The van der Waals surface area contributed by atoms with Gasteiger partial charge in [-0.3, -0.25) is 4.79 Å². The summed E-state index contributed by atoms with van der Waals surface area (Å²) in [5.41, 5.74) is 2.35. The lowest BCUT2D eigenvalue weighted by molar-refractivity contribution is 0.0945. The Balaban J connectivity index is 2.00. The number of carbonyl (C=O) groups is 1. The lowest BCUT2D eigenvalue weighted by atomic mass is 10.3. The predicted molar refractivity (Wildman–Crippen MR) is 63.5 cm³/mol. The van der Waals surface area contributed by atoms with Gasteiger partial charge < -0.3 is 10.3 Å². The van der Waals surface area contributed by atoms with Crippen molar-refractivity contribution < 1.29 is 4.79 Å². The topological polar surface area (TPSA) is 70.7 Å². The fraction of sp³-hybridized carbons (Fsp3) is 0.250. The molecule has 2 aromatic rings. The molecule has 0 aliphatic carbocycles. The van der Waals surface area contributed by atoms with Crippen LogP contribution in [0.25, 0.3) is 0 Å². The minimum absolute atomic E-state index is 0.155. The van der Waals surface area contributed by atoms with Crippen molar-refractivity contribution in [1.29, 1.82) is 0 Å². The summed E-state index contributed by atoms with van der Waals surface area (Å²) in [7, 11) is 0. The van der Waals surface area contributed by atoms with Gasteiger partial charge in [-0.2, -0.15) is 0 Å². The number of H-pyrrole nitrogens is 1. The Bertz CT molecular complexity index is 499. The van der Waals surface area contributed by atoms with Gasteiger partial charge in [0.2, 0.25) is 0 Å². The molecular formula is C12H14N4O. The van der Waals surface area contributed by atoms with Crippen LogP contribution in [0.3, 0.4) is 0 Å². The van der Waals surface area contributed by atoms with E-state index in [-0.39, 0.29) is 5.91 Å². The maximum absolute atomic E-state index is 11.7. The number of rotatable bonds is 3. The largest absolute Gasteiger partial charge is 0.357 e. The van der Waals surface area contributed by atoms with Crippen molar-refractivity contribution >= 4 is 5.91 Å². The molecule has 2 N–H and O–H groups in total. The van der Waals surface area contributed by atoms with Crippen molar-refractivity contribution in [2.45, 2.75) is 20.4 Å². The van der Waals surface area contributed by atoms with Crippen LogP contribution in [-0.2, 0) is 6.54 Å². The average molecular weight is 230 g/mol. The molecule has 0 unspecified atom stereocenters. The number of amides is 1. The van der Waals surface area contributed by atoms with E-state index in [9.17, 15) is 4.79 Å². The summed E-state index contributed by atoms with van der Waals surface area (Å²) in [5.74, 6) is 0.472. The van der Waals surface area contributed by atoms with Crippen molar-refractivity contribution in [3.8, 4) is 0 Å². The number of hydrogen-bond donors (Lipinski definition) is 2. The summed E-state index contributed by atoms with van der Waals surface area (Å²) in [6.45, 7) is 4.15. The van der Waals surface area contributed by atoms with Crippen LogP contribution in [0.5, 0.6) is 0 Å². The van der Waals surface area contributed by atoms with Crippen LogP contribution in [0.4, 0.5) is 0 Å². The summed E-state index contributed by atoms with van der Waals surface area (Å²) in [5, 5.41) is 2.76. The van der Waals surface area contributed by atoms with E-state index in [1.807, 2.05) is 19.9 Å². The first kappa shape index (κ1) is 11.3. The first-order valence-corrected chi connectivity index (χ1v) is 5.38. The molecule has 0 atom stereocenters. The second kappa shape index (κ2) is 4.78. The maximum Gasteiger partial charge on any atom is 0.268 e. The zero-order chi connectivity index (χ0) is 12.3. The van der Waals surface area contributed by atoms with Crippen molar-refractivity contribution in [2.24, 2.45) is 0 Å². The molecule has 0 fully saturated rings. The summed E-state index contributed by atoms with van der Waals surface area (Å²) < 4.78 is 0. The fourth-order valence-corrected chi connectivity index (χ4v) is 1.60. The van der Waals surface area contributed by atoms with E-state index >= 15 is 0 Å². The van der Waals surface area contributed by atoms with Crippen molar-refractivity contribution in [1.82, 2.24) is 20.3 Å². The van der Waals surface area contributed by atoms with Crippen molar-refractivity contribution in [3.63, 3.8) is 0 Å². The van der Waals surface area contributed by atoms with Crippen LogP contribution in [0, 0.1) is 13.8 Å². The molecule has 88 valence electrons. The van der Waals surface area contributed by atoms with E-state index in [1.165, 1.54) is 0 Å². The first-order valence-electron chi connectivity index (χ1n) is 5.38. The smallest absolute Gasteiger partial charge is 0.268 e. The number of aromatic amines is 1. The third-order valence-electron chi connectivity index (χ3n) is 2.28. The molecule has 0 saturated carbocycles. The number of carbonyl (C=O) groups excluding carboxylic acids is 1. The second-order valence-corrected chi connectivity index (χ2v) is 3.83. The zero-order valence-electron chi connectivity index (χ0n) is 9.82. The molecule has 0 aromatic carbocycles. The Morgan fingerprint density at radius 2 is 2.06 bits per heavy atom. The molecule has 5 nitrogen and oxygen atoms in total. The Hall–Kier alpha value is -2.17. The lowest BCUT2D eigenvalue weighted by Gasteiger charge is -2.04. The summed E-state index contributed by atoms with van der Waals surface area (Å²) in [4.78, 5) is 23.0. The van der Waals surface area contributed by atoms with E-state index in [4.69, 9.17) is 0 Å². The highest BCUT2D eigenvalue weighted by molar-refractivity contribution is 5.92. The van der Waals surface area contributed by atoms with Gasteiger partial charge in [0.15, 0.2) is 0 Å². The number of aryl methyl sites for hydroxylation is 2. The molecule has 0 spiro atoms. The summed E-state index contributed by atoms with van der Waals surface area (Å²) in [6.07, 6.45) is 1.71. The van der Waals surface area contributed by atoms with Crippen molar-refractivity contribution in [2.75, 3.05) is 0 Å². The number of aromatic nitrogens is 3. The van der Waals surface area contributed by atoms with Gasteiger partial charge in [-0.15, -0.1) is 0 Å².